The lowest BCUT2D eigenvalue weighted by Crippen LogP contribution is -2.47. The lowest BCUT2D eigenvalue weighted by molar-refractivity contribution is 0.220. The average Bonchev–Trinajstić information content (AvgIpc) is 3.17. The van der Waals surface area contributed by atoms with Gasteiger partial charge in [0.25, 0.3) is 0 Å². The van der Waals surface area contributed by atoms with Crippen molar-refractivity contribution >= 4 is 29.9 Å². The number of rotatable bonds is 5. The third-order valence-corrected chi connectivity index (χ3v) is 4.70. The number of hydrogen-bond acceptors (Lipinski definition) is 4. The topological polar surface area (TPSA) is 78.4 Å². The first-order valence-electron chi connectivity index (χ1n) is 9.20. The molecule has 8 heteroatoms. The lowest BCUT2D eigenvalue weighted by Gasteiger charge is -2.33. The van der Waals surface area contributed by atoms with Crippen LogP contribution in [0.2, 0.25) is 0 Å². The Morgan fingerprint density at radius 3 is 2.81 bits per heavy atom. The van der Waals surface area contributed by atoms with Gasteiger partial charge < -0.3 is 15.0 Å². The number of piperidine rings is 1. The molecule has 148 valence electrons. The van der Waals surface area contributed by atoms with Crippen molar-refractivity contribution in [3.8, 4) is 5.75 Å². The van der Waals surface area contributed by atoms with E-state index in [1.165, 1.54) is 5.56 Å². The molecule has 1 aliphatic heterocycles. The van der Waals surface area contributed by atoms with Crippen LogP contribution in [0, 0.1) is 6.92 Å². The summed E-state index contributed by atoms with van der Waals surface area (Å²) in [6.45, 7) is 6.76. The molecule has 1 unspecified atom stereocenters. The number of ether oxygens (including phenoxy) is 1. The van der Waals surface area contributed by atoms with Gasteiger partial charge in [0, 0.05) is 26.1 Å². The highest BCUT2D eigenvalue weighted by molar-refractivity contribution is 14.0. The summed E-state index contributed by atoms with van der Waals surface area (Å²) in [4.78, 5) is 11.0. The fraction of sp³-hybridized carbons (Fsp3) is 0.526. The molecule has 0 saturated carbocycles. The second-order valence-electron chi connectivity index (χ2n) is 6.81. The van der Waals surface area contributed by atoms with E-state index in [-0.39, 0.29) is 30.1 Å². The largest absolute Gasteiger partial charge is 0.489 e. The highest BCUT2D eigenvalue weighted by Crippen LogP contribution is 2.24. The van der Waals surface area contributed by atoms with Crippen LogP contribution < -0.4 is 10.1 Å². The van der Waals surface area contributed by atoms with Crippen molar-refractivity contribution < 1.29 is 4.74 Å². The molecule has 1 aliphatic rings. The van der Waals surface area contributed by atoms with E-state index in [9.17, 15) is 0 Å². The maximum absolute atomic E-state index is 5.99. The first-order valence-corrected chi connectivity index (χ1v) is 9.20. The number of aryl methyl sites for hydroxylation is 1. The van der Waals surface area contributed by atoms with E-state index in [1.807, 2.05) is 19.2 Å². The Morgan fingerprint density at radius 2 is 2.19 bits per heavy atom. The Bertz CT molecular complexity index is 713. The smallest absolute Gasteiger partial charge is 0.193 e. The van der Waals surface area contributed by atoms with E-state index in [4.69, 9.17) is 4.74 Å². The molecule has 3 rings (SSSR count). The Balaban J connectivity index is 0.00000261. The molecule has 2 aromatic rings. The maximum Gasteiger partial charge on any atom is 0.193 e. The van der Waals surface area contributed by atoms with Crippen molar-refractivity contribution in [1.82, 2.24) is 25.4 Å². The fourth-order valence-corrected chi connectivity index (χ4v) is 3.31. The summed E-state index contributed by atoms with van der Waals surface area (Å²) >= 11 is 0. The first kappa shape index (κ1) is 21.5. The molecule has 2 heterocycles. The first-order chi connectivity index (χ1) is 12.7. The van der Waals surface area contributed by atoms with Crippen LogP contribution in [0.5, 0.6) is 5.75 Å². The molecule has 0 bridgehead atoms. The van der Waals surface area contributed by atoms with Gasteiger partial charge in [-0.05, 0) is 44.4 Å². The van der Waals surface area contributed by atoms with Crippen LogP contribution in [-0.2, 0) is 0 Å². The number of aromatic nitrogens is 3. The summed E-state index contributed by atoms with van der Waals surface area (Å²) in [5, 5.41) is 10.4. The van der Waals surface area contributed by atoms with Crippen LogP contribution in [0.3, 0.4) is 0 Å². The van der Waals surface area contributed by atoms with Gasteiger partial charge in [0.05, 0.1) is 6.54 Å². The van der Waals surface area contributed by atoms with Gasteiger partial charge in [-0.25, -0.2) is 4.98 Å². The van der Waals surface area contributed by atoms with Gasteiger partial charge in [-0.3, -0.25) is 10.1 Å². The minimum absolute atomic E-state index is 0. The van der Waals surface area contributed by atoms with E-state index in [2.05, 4.69) is 56.4 Å². The number of likely N-dealkylation sites (tertiary alicyclic amines) is 1. The number of guanidine groups is 1. The zero-order chi connectivity index (χ0) is 18.4. The second kappa shape index (κ2) is 10.5. The Hall–Kier alpha value is -1.84. The summed E-state index contributed by atoms with van der Waals surface area (Å²) in [5.74, 6) is 3.28. The Labute approximate surface area is 178 Å². The monoisotopic (exact) mass is 484 g/mol. The molecule has 1 aromatic heterocycles. The van der Waals surface area contributed by atoms with Crippen LogP contribution in [0.4, 0.5) is 0 Å². The van der Waals surface area contributed by atoms with Crippen molar-refractivity contribution in [2.75, 3.05) is 26.7 Å². The van der Waals surface area contributed by atoms with Gasteiger partial charge in [-0.2, -0.15) is 5.10 Å². The van der Waals surface area contributed by atoms with E-state index >= 15 is 0 Å². The van der Waals surface area contributed by atoms with Gasteiger partial charge >= 0.3 is 0 Å². The summed E-state index contributed by atoms with van der Waals surface area (Å²) < 4.78 is 5.99. The van der Waals surface area contributed by atoms with Gasteiger partial charge in [0.15, 0.2) is 5.96 Å². The number of H-pyrrole nitrogens is 1. The molecule has 0 aliphatic carbocycles. The predicted molar refractivity (Wildman–Crippen MR) is 118 cm³/mol. The summed E-state index contributed by atoms with van der Waals surface area (Å²) in [6, 6.07) is 8.13. The molecular weight excluding hydrogens is 455 g/mol. The van der Waals surface area contributed by atoms with Crippen LogP contribution in [0.1, 0.15) is 37.1 Å². The molecular formula is C19H29IN6O. The number of aliphatic imine (C=N–C) groups is 1. The fourth-order valence-electron chi connectivity index (χ4n) is 3.31. The third-order valence-electron chi connectivity index (χ3n) is 4.70. The number of nitrogens with zero attached hydrogens (tertiary/aromatic N) is 4. The molecule has 2 N–H and O–H groups in total. The van der Waals surface area contributed by atoms with Crippen molar-refractivity contribution in [2.24, 2.45) is 4.99 Å². The van der Waals surface area contributed by atoms with Crippen LogP contribution >= 0.6 is 24.0 Å². The minimum atomic E-state index is 0. The number of hydrogen-bond donors (Lipinski definition) is 2. The normalized spacial score (nSPS) is 16.6. The van der Waals surface area contributed by atoms with Crippen LogP contribution in [0.25, 0.3) is 0 Å². The zero-order valence-electron chi connectivity index (χ0n) is 16.2. The lowest BCUT2D eigenvalue weighted by atomic mass is 9.96. The molecule has 1 aromatic carbocycles. The van der Waals surface area contributed by atoms with E-state index < -0.39 is 0 Å². The molecule has 1 fully saturated rings. The molecule has 0 amide bonds. The van der Waals surface area contributed by atoms with Crippen molar-refractivity contribution in [3.63, 3.8) is 0 Å². The Morgan fingerprint density at radius 1 is 1.41 bits per heavy atom. The molecule has 7 nitrogen and oxygen atoms in total. The average molecular weight is 484 g/mol. The number of halogens is 1. The highest BCUT2D eigenvalue weighted by Gasteiger charge is 2.24. The number of aromatic amines is 1. The van der Waals surface area contributed by atoms with Gasteiger partial charge in [0.1, 0.15) is 24.0 Å². The molecule has 27 heavy (non-hydrogen) atoms. The SMILES string of the molecule is CN=C(NCC(C)Oc1cccc(C)c1)N1CCC(c2ncn[nH]2)CC1.I. The van der Waals surface area contributed by atoms with Crippen molar-refractivity contribution in [2.45, 2.75) is 38.7 Å². The second-order valence-corrected chi connectivity index (χ2v) is 6.81. The standard InChI is InChI=1S/C19H28N6O.HI/c1-14-5-4-6-17(11-14)26-15(2)12-21-19(20-3)25-9-7-16(8-10-25)18-22-13-23-24-18;/h4-6,11,13,15-16H,7-10,12H2,1-3H3,(H,20,21)(H,22,23,24);1H. The van der Waals surface area contributed by atoms with Crippen LogP contribution in [-0.4, -0.2) is 58.8 Å². The predicted octanol–water partition coefficient (Wildman–Crippen LogP) is 2.95. The van der Waals surface area contributed by atoms with Gasteiger partial charge in [-0.15, -0.1) is 24.0 Å². The molecule has 0 radical (unpaired) electrons. The van der Waals surface area contributed by atoms with E-state index in [0.29, 0.717) is 12.5 Å². The van der Waals surface area contributed by atoms with E-state index in [1.54, 1.807) is 6.33 Å². The van der Waals surface area contributed by atoms with Crippen LogP contribution in [0.15, 0.2) is 35.6 Å². The quantitative estimate of drug-likeness (QED) is 0.388. The zero-order valence-corrected chi connectivity index (χ0v) is 18.5. The molecule has 1 saturated heterocycles. The minimum Gasteiger partial charge on any atom is -0.489 e. The van der Waals surface area contributed by atoms with Gasteiger partial charge in [0.2, 0.25) is 0 Å². The molecule has 0 spiro atoms. The summed E-state index contributed by atoms with van der Waals surface area (Å²) in [5.41, 5.74) is 1.20. The van der Waals surface area contributed by atoms with Gasteiger partial charge in [-0.1, -0.05) is 12.1 Å². The summed E-state index contributed by atoms with van der Waals surface area (Å²) in [7, 11) is 1.83. The third kappa shape index (κ3) is 6.08. The summed E-state index contributed by atoms with van der Waals surface area (Å²) in [6.07, 6.45) is 3.73. The van der Waals surface area contributed by atoms with Crippen molar-refractivity contribution in [3.05, 3.63) is 42.0 Å². The number of benzene rings is 1. The Kier molecular flexibility index (Phi) is 8.33. The van der Waals surface area contributed by atoms with Crippen molar-refractivity contribution in [1.29, 1.82) is 0 Å². The maximum atomic E-state index is 5.99. The molecule has 1 atom stereocenters. The number of nitrogens with one attached hydrogen (secondary N) is 2. The van der Waals surface area contributed by atoms with E-state index in [0.717, 1.165) is 43.5 Å². The highest BCUT2D eigenvalue weighted by atomic mass is 127.